The lowest BCUT2D eigenvalue weighted by Crippen LogP contribution is -2.13. The first-order chi connectivity index (χ1) is 13.5. The number of fused-ring (bicyclic) bond motifs is 1. The van der Waals surface area contributed by atoms with Crippen LogP contribution in [0.1, 0.15) is 46.2 Å². The lowest BCUT2D eigenvalue weighted by Gasteiger charge is -2.21. The van der Waals surface area contributed by atoms with Gasteiger partial charge in [0.1, 0.15) is 16.7 Å². The molecule has 29 heavy (non-hydrogen) atoms. The number of nitrogens with zero attached hydrogens (tertiary/aromatic N) is 2. The Bertz CT molecular complexity index is 979. The molecule has 10 heteroatoms. The molecule has 0 unspecified atom stereocenters. The molecule has 3 nitrogen and oxygen atoms in total. The average molecular weight is 432 g/mol. The number of rotatable bonds is 3. The van der Waals surface area contributed by atoms with Gasteiger partial charge in [0, 0.05) is 5.75 Å². The Morgan fingerprint density at radius 2 is 1.69 bits per heavy atom. The van der Waals surface area contributed by atoms with E-state index >= 15 is 0 Å². The van der Waals surface area contributed by atoms with Crippen molar-refractivity contribution >= 4 is 11.8 Å². The summed E-state index contributed by atoms with van der Waals surface area (Å²) >= 11 is 0.903. The second kappa shape index (κ2) is 7.78. The summed E-state index contributed by atoms with van der Waals surface area (Å²) in [6.07, 6.45) is -7.09. The van der Waals surface area contributed by atoms with Crippen molar-refractivity contribution in [1.29, 1.82) is 5.26 Å². The van der Waals surface area contributed by atoms with Crippen molar-refractivity contribution in [1.82, 2.24) is 4.98 Å². The van der Waals surface area contributed by atoms with Gasteiger partial charge in [0.15, 0.2) is 0 Å². The highest BCUT2D eigenvalue weighted by molar-refractivity contribution is 7.98. The van der Waals surface area contributed by atoms with Crippen molar-refractivity contribution in [3.8, 4) is 11.9 Å². The van der Waals surface area contributed by atoms with Crippen LogP contribution in [0.3, 0.4) is 0 Å². The number of benzene rings is 1. The molecule has 0 spiro atoms. The zero-order chi connectivity index (χ0) is 21.4. The Hall–Kier alpha value is -2.41. The molecular formula is C19H14F6N2OS. The summed E-state index contributed by atoms with van der Waals surface area (Å²) in [4.78, 5) is 3.96. The maximum atomic E-state index is 13.3. The molecule has 0 bridgehead atoms. The Balaban J connectivity index is 1.97. The quantitative estimate of drug-likeness (QED) is 0.487. The van der Waals surface area contributed by atoms with E-state index in [1.165, 1.54) is 0 Å². The van der Waals surface area contributed by atoms with Crippen molar-refractivity contribution in [3.63, 3.8) is 0 Å². The highest BCUT2D eigenvalue weighted by atomic mass is 32.2. The lowest BCUT2D eigenvalue weighted by molar-refractivity contribution is -0.143. The summed E-state index contributed by atoms with van der Waals surface area (Å²) in [6, 6.07) is 3.43. The van der Waals surface area contributed by atoms with E-state index in [-0.39, 0.29) is 22.9 Å². The molecule has 0 fully saturated rings. The van der Waals surface area contributed by atoms with Crippen molar-refractivity contribution in [2.75, 3.05) is 0 Å². The normalized spacial score (nSPS) is 14.4. The number of aromatic hydroxyl groups is 1. The molecule has 1 aliphatic rings. The fourth-order valence-electron chi connectivity index (χ4n) is 3.30. The molecule has 1 aromatic carbocycles. The van der Waals surface area contributed by atoms with Crippen LogP contribution in [-0.4, -0.2) is 10.1 Å². The van der Waals surface area contributed by atoms with Crippen LogP contribution in [0.25, 0.3) is 0 Å². The van der Waals surface area contributed by atoms with E-state index < -0.39 is 29.4 Å². The molecule has 3 rings (SSSR count). The molecule has 0 atom stereocenters. The zero-order valence-corrected chi connectivity index (χ0v) is 15.6. The number of nitriles is 1. The fraction of sp³-hybridized carbons (Fsp3) is 0.368. The van der Waals surface area contributed by atoms with Crippen LogP contribution in [0.2, 0.25) is 0 Å². The number of hydrogen-bond donors (Lipinski definition) is 1. The molecule has 0 aliphatic heterocycles. The van der Waals surface area contributed by atoms with Crippen molar-refractivity contribution in [2.24, 2.45) is 0 Å². The zero-order valence-electron chi connectivity index (χ0n) is 14.8. The maximum absolute atomic E-state index is 13.3. The van der Waals surface area contributed by atoms with Crippen LogP contribution in [-0.2, 0) is 30.9 Å². The summed E-state index contributed by atoms with van der Waals surface area (Å²) in [5.74, 6) is -0.767. The number of aromatic nitrogens is 1. The predicted molar refractivity (Wildman–Crippen MR) is 93.3 cm³/mol. The molecule has 2 aromatic rings. The van der Waals surface area contributed by atoms with Gasteiger partial charge in [-0.1, -0.05) is 6.07 Å². The topological polar surface area (TPSA) is 56.9 Å². The van der Waals surface area contributed by atoms with Gasteiger partial charge >= 0.3 is 12.4 Å². The Morgan fingerprint density at radius 1 is 1.03 bits per heavy atom. The average Bonchev–Trinajstić information content (AvgIpc) is 2.64. The van der Waals surface area contributed by atoms with Gasteiger partial charge in [-0.25, -0.2) is 4.98 Å². The van der Waals surface area contributed by atoms with Gasteiger partial charge in [-0.05, 0) is 54.5 Å². The van der Waals surface area contributed by atoms with Gasteiger partial charge < -0.3 is 5.11 Å². The van der Waals surface area contributed by atoms with Crippen molar-refractivity contribution < 1.29 is 31.4 Å². The van der Waals surface area contributed by atoms with Crippen LogP contribution in [0.4, 0.5) is 26.3 Å². The van der Waals surface area contributed by atoms with Gasteiger partial charge in [-0.3, -0.25) is 0 Å². The Kier molecular flexibility index (Phi) is 5.72. The third-order valence-electron chi connectivity index (χ3n) is 4.68. The summed E-state index contributed by atoms with van der Waals surface area (Å²) in [5.41, 5.74) is -1.63. The minimum absolute atomic E-state index is 0.0644. The molecule has 0 saturated carbocycles. The van der Waals surface area contributed by atoms with Crippen LogP contribution in [0.15, 0.2) is 23.2 Å². The minimum Gasteiger partial charge on any atom is -0.492 e. The van der Waals surface area contributed by atoms with Crippen molar-refractivity contribution in [2.45, 2.75) is 48.8 Å². The molecule has 0 saturated heterocycles. The monoisotopic (exact) mass is 432 g/mol. The van der Waals surface area contributed by atoms with E-state index in [1.54, 1.807) is 0 Å². The Labute approximate surface area is 166 Å². The number of halogens is 6. The molecule has 0 radical (unpaired) electrons. The van der Waals surface area contributed by atoms with E-state index in [0.29, 0.717) is 35.1 Å². The molecule has 1 aromatic heterocycles. The lowest BCUT2D eigenvalue weighted by atomic mass is 9.90. The van der Waals surface area contributed by atoms with E-state index in [4.69, 9.17) is 0 Å². The van der Waals surface area contributed by atoms with Gasteiger partial charge in [-0.2, -0.15) is 31.6 Å². The summed E-state index contributed by atoms with van der Waals surface area (Å²) < 4.78 is 78.3. The highest BCUT2D eigenvalue weighted by Gasteiger charge is 2.38. The molecular weight excluding hydrogens is 418 g/mol. The maximum Gasteiger partial charge on any atom is 0.416 e. The second-order valence-electron chi connectivity index (χ2n) is 6.55. The van der Waals surface area contributed by atoms with Crippen LogP contribution >= 0.6 is 11.8 Å². The SMILES string of the molecule is N#Cc1c(O)nc(SCc2ccc(C(F)(F)F)cc2C(F)(F)F)c2c1CCCC2. The molecule has 1 N–H and O–H groups in total. The fourth-order valence-corrected chi connectivity index (χ4v) is 4.39. The molecule has 0 amide bonds. The number of pyridine rings is 1. The van der Waals surface area contributed by atoms with Crippen LogP contribution < -0.4 is 0 Å². The largest absolute Gasteiger partial charge is 0.492 e. The number of alkyl halides is 6. The van der Waals surface area contributed by atoms with E-state index in [1.807, 2.05) is 6.07 Å². The Morgan fingerprint density at radius 3 is 2.28 bits per heavy atom. The summed E-state index contributed by atoms with van der Waals surface area (Å²) in [7, 11) is 0. The van der Waals surface area contributed by atoms with Gasteiger partial charge in [0.25, 0.3) is 0 Å². The first kappa shape index (κ1) is 21.3. The van der Waals surface area contributed by atoms with Crippen LogP contribution in [0, 0.1) is 11.3 Å². The van der Waals surface area contributed by atoms with Gasteiger partial charge in [0.2, 0.25) is 5.88 Å². The van der Waals surface area contributed by atoms with E-state index in [9.17, 15) is 36.7 Å². The summed E-state index contributed by atoms with van der Waals surface area (Å²) in [6.45, 7) is 0. The molecule has 1 heterocycles. The number of hydrogen-bond acceptors (Lipinski definition) is 4. The third kappa shape index (κ3) is 4.45. The molecule has 154 valence electrons. The summed E-state index contributed by atoms with van der Waals surface area (Å²) in [5, 5.41) is 19.5. The van der Waals surface area contributed by atoms with E-state index in [0.717, 1.165) is 30.7 Å². The first-order valence-corrected chi connectivity index (χ1v) is 9.56. The number of thioether (sulfide) groups is 1. The third-order valence-corrected chi connectivity index (χ3v) is 5.74. The predicted octanol–water partition coefficient (Wildman–Crippen LogP) is 5.87. The first-order valence-electron chi connectivity index (χ1n) is 8.57. The standard InChI is InChI=1S/C19H14F6N2OS/c20-18(21,22)11-6-5-10(15(7-11)19(23,24)25)9-29-17-13-4-2-1-3-12(13)14(8-26)16(28)27-17/h5-7H,1-4,9H2,(H,27,28). The van der Waals surface area contributed by atoms with Crippen LogP contribution in [0.5, 0.6) is 5.88 Å². The molecule has 1 aliphatic carbocycles. The van der Waals surface area contributed by atoms with Gasteiger partial charge in [0.05, 0.1) is 11.1 Å². The van der Waals surface area contributed by atoms with E-state index in [2.05, 4.69) is 4.98 Å². The second-order valence-corrected chi connectivity index (χ2v) is 7.51. The minimum atomic E-state index is -4.95. The van der Waals surface area contributed by atoms with Crippen molar-refractivity contribution in [3.05, 3.63) is 51.6 Å². The van der Waals surface area contributed by atoms with Gasteiger partial charge in [-0.15, -0.1) is 11.8 Å². The smallest absolute Gasteiger partial charge is 0.416 e. The highest BCUT2D eigenvalue weighted by Crippen LogP contribution is 2.41.